The first kappa shape index (κ1) is 14.0. The Labute approximate surface area is 116 Å². The van der Waals surface area contributed by atoms with Crippen LogP contribution >= 0.6 is 8.58 Å². The third-order valence-electron chi connectivity index (χ3n) is 3.01. The van der Waals surface area contributed by atoms with Gasteiger partial charge in [0.15, 0.2) is 0 Å². The van der Waals surface area contributed by atoms with E-state index in [1.807, 2.05) is 25.1 Å². The minimum Gasteiger partial charge on any atom is -0.507 e. The maximum absolute atomic E-state index is 10.1. The van der Waals surface area contributed by atoms with Crippen molar-refractivity contribution in [3.05, 3.63) is 53.6 Å². The summed E-state index contributed by atoms with van der Waals surface area (Å²) in [6.45, 7) is 2.87. The molecule has 0 amide bonds. The zero-order valence-corrected chi connectivity index (χ0v) is 12.6. The number of phenols is 1. The Morgan fingerprint density at radius 3 is 2.42 bits per heavy atom. The molecule has 0 saturated heterocycles. The van der Waals surface area contributed by atoms with Gasteiger partial charge in [-0.2, -0.15) is 0 Å². The van der Waals surface area contributed by atoms with Gasteiger partial charge in [-0.25, -0.2) is 0 Å². The number of benzene rings is 2. The third kappa shape index (κ3) is 3.56. The molecule has 0 aliphatic carbocycles. The van der Waals surface area contributed by atoms with Gasteiger partial charge in [0.05, 0.1) is 0 Å². The molecule has 0 bridgehead atoms. The van der Waals surface area contributed by atoms with Crippen molar-refractivity contribution in [2.24, 2.45) is 0 Å². The average Bonchev–Trinajstić information content (AvgIpc) is 2.36. The third-order valence-corrected chi connectivity index (χ3v) is 4.44. The quantitative estimate of drug-likeness (QED) is 0.865. The van der Waals surface area contributed by atoms with Crippen molar-refractivity contribution in [3.8, 4) is 5.75 Å². The number of hydrogen-bond donors (Lipinski definition) is 1. The summed E-state index contributed by atoms with van der Waals surface area (Å²) in [7, 11) is 4.64. The van der Waals surface area contributed by atoms with Crippen molar-refractivity contribution < 1.29 is 5.11 Å². The molecule has 2 aromatic rings. The van der Waals surface area contributed by atoms with Gasteiger partial charge in [-0.05, 0) is 37.5 Å². The zero-order valence-electron chi connectivity index (χ0n) is 11.6. The monoisotopic (exact) mass is 273 g/mol. The zero-order chi connectivity index (χ0) is 13.8. The molecule has 1 atom stereocenters. The smallest absolute Gasteiger partial charge is 0.126 e. The van der Waals surface area contributed by atoms with Crippen LogP contribution in [0, 0.1) is 6.92 Å². The van der Waals surface area contributed by atoms with Gasteiger partial charge in [0.2, 0.25) is 0 Å². The fourth-order valence-corrected chi connectivity index (χ4v) is 3.31. The first-order chi connectivity index (χ1) is 9.08. The second kappa shape index (κ2) is 6.18. The Morgan fingerprint density at radius 1 is 1.00 bits per heavy atom. The van der Waals surface area contributed by atoms with Crippen molar-refractivity contribution >= 4 is 19.2 Å². The molecule has 0 aromatic heterocycles. The van der Waals surface area contributed by atoms with E-state index in [0.717, 1.165) is 17.4 Å². The van der Waals surface area contributed by atoms with E-state index in [4.69, 9.17) is 0 Å². The van der Waals surface area contributed by atoms with Gasteiger partial charge in [0.25, 0.3) is 0 Å². The van der Waals surface area contributed by atoms with E-state index < -0.39 is 0 Å². The lowest BCUT2D eigenvalue weighted by molar-refractivity contribution is 0.403. The number of nitrogens with zero attached hydrogens (tertiary/aromatic N) is 1. The standard InChI is InChI=1S/C16H20NOP/c1-12-7-6-10-15(16(12)18)19-14-9-5-4-8-13(14)11-17(2)3/h4-10,18-19H,11H2,1-3H3. The van der Waals surface area contributed by atoms with E-state index in [2.05, 4.69) is 43.3 Å². The van der Waals surface area contributed by atoms with Crippen LogP contribution in [0.4, 0.5) is 0 Å². The van der Waals surface area contributed by atoms with Gasteiger partial charge < -0.3 is 10.0 Å². The van der Waals surface area contributed by atoms with Crippen molar-refractivity contribution in [2.75, 3.05) is 14.1 Å². The van der Waals surface area contributed by atoms with Gasteiger partial charge in [0.1, 0.15) is 5.75 Å². The molecule has 0 fully saturated rings. The number of rotatable bonds is 4. The highest BCUT2D eigenvalue weighted by atomic mass is 31.1. The molecule has 0 aliphatic heterocycles. The van der Waals surface area contributed by atoms with Crippen LogP contribution < -0.4 is 10.6 Å². The molecule has 1 N–H and O–H groups in total. The predicted octanol–water partition coefficient (Wildman–Crippen LogP) is 2.39. The first-order valence-corrected chi connectivity index (χ1v) is 7.36. The highest BCUT2D eigenvalue weighted by Crippen LogP contribution is 2.23. The molecule has 2 rings (SSSR count). The molecule has 2 nitrogen and oxygen atoms in total. The summed E-state index contributed by atoms with van der Waals surface area (Å²) in [6.07, 6.45) is 0. The second-order valence-electron chi connectivity index (χ2n) is 4.99. The summed E-state index contributed by atoms with van der Waals surface area (Å²) < 4.78 is 0. The van der Waals surface area contributed by atoms with E-state index in [1.54, 1.807) is 0 Å². The maximum Gasteiger partial charge on any atom is 0.126 e. The highest BCUT2D eigenvalue weighted by Gasteiger charge is 2.08. The molecule has 2 aromatic carbocycles. The number of phenolic OH excluding ortho intramolecular Hbond substituents is 1. The molecular weight excluding hydrogens is 253 g/mol. The molecule has 0 aliphatic rings. The fraction of sp³-hybridized carbons (Fsp3) is 0.250. The Kier molecular flexibility index (Phi) is 4.57. The van der Waals surface area contributed by atoms with Gasteiger partial charge in [0, 0.05) is 11.8 Å². The van der Waals surface area contributed by atoms with Crippen LogP contribution in [0.5, 0.6) is 5.75 Å². The number of hydrogen-bond acceptors (Lipinski definition) is 2. The minimum atomic E-state index is 0.431. The van der Waals surface area contributed by atoms with E-state index in [0.29, 0.717) is 14.3 Å². The van der Waals surface area contributed by atoms with Crippen LogP contribution in [0.2, 0.25) is 0 Å². The largest absolute Gasteiger partial charge is 0.507 e. The van der Waals surface area contributed by atoms with Gasteiger partial charge >= 0.3 is 0 Å². The topological polar surface area (TPSA) is 23.5 Å². The number of aromatic hydroxyl groups is 1. The van der Waals surface area contributed by atoms with Crippen molar-refractivity contribution in [3.63, 3.8) is 0 Å². The van der Waals surface area contributed by atoms with E-state index in [1.165, 1.54) is 10.9 Å². The molecule has 19 heavy (non-hydrogen) atoms. The van der Waals surface area contributed by atoms with Crippen LogP contribution in [-0.2, 0) is 6.54 Å². The maximum atomic E-state index is 10.1. The molecule has 100 valence electrons. The lowest BCUT2D eigenvalue weighted by atomic mass is 10.2. The van der Waals surface area contributed by atoms with Crippen LogP contribution in [0.3, 0.4) is 0 Å². The van der Waals surface area contributed by atoms with Crippen LogP contribution in [-0.4, -0.2) is 24.1 Å². The van der Waals surface area contributed by atoms with E-state index in [-0.39, 0.29) is 0 Å². The Balaban J connectivity index is 2.30. The normalized spacial score (nSPS) is 11.6. The van der Waals surface area contributed by atoms with Crippen LogP contribution in [0.1, 0.15) is 11.1 Å². The van der Waals surface area contributed by atoms with Gasteiger partial charge in [-0.3, -0.25) is 0 Å². The van der Waals surface area contributed by atoms with Crippen molar-refractivity contribution in [1.82, 2.24) is 4.90 Å². The molecule has 0 saturated carbocycles. The van der Waals surface area contributed by atoms with Crippen LogP contribution in [0.15, 0.2) is 42.5 Å². The second-order valence-corrected chi connectivity index (χ2v) is 6.32. The van der Waals surface area contributed by atoms with Crippen molar-refractivity contribution in [1.29, 1.82) is 0 Å². The van der Waals surface area contributed by atoms with Crippen molar-refractivity contribution in [2.45, 2.75) is 13.5 Å². The summed E-state index contributed by atoms with van der Waals surface area (Å²) >= 11 is 0. The Hall–Kier alpha value is -1.37. The molecular formula is C16H20NOP. The summed E-state index contributed by atoms with van der Waals surface area (Å²) in [5.41, 5.74) is 2.27. The lowest BCUT2D eigenvalue weighted by Gasteiger charge is -2.15. The van der Waals surface area contributed by atoms with E-state index >= 15 is 0 Å². The lowest BCUT2D eigenvalue weighted by Crippen LogP contribution is -2.17. The average molecular weight is 273 g/mol. The molecule has 0 heterocycles. The summed E-state index contributed by atoms with van der Waals surface area (Å²) in [4.78, 5) is 2.17. The van der Waals surface area contributed by atoms with Gasteiger partial charge in [-0.1, -0.05) is 51.0 Å². The minimum absolute atomic E-state index is 0.431. The summed E-state index contributed by atoms with van der Waals surface area (Å²) in [5.74, 6) is 0.431. The first-order valence-electron chi connectivity index (χ1n) is 6.36. The van der Waals surface area contributed by atoms with E-state index in [9.17, 15) is 5.11 Å². The molecule has 1 unspecified atom stereocenters. The predicted molar refractivity (Wildman–Crippen MR) is 84.3 cm³/mol. The number of aryl methyl sites for hydroxylation is 1. The summed E-state index contributed by atoms with van der Waals surface area (Å²) in [5, 5.41) is 12.5. The fourth-order valence-electron chi connectivity index (χ4n) is 2.03. The molecule has 3 heteroatoms. The highest BCUT2D eigenvalue weighted by molar-refractivity contribution is 7.55. The molecule has 0 spiro atoms. The van der Waals surface area contributed by atoms with Gasteiger partial charge in [-0.15, -0.1) is 0 Å². The number of para-hydroxylation sites is 1. The Bertz CT molecular complexity index is 566. The SMILES string of the molecule is Cc1cccc(Pc2ccccc2CN(C)C)c1O. The summed E-state index contributed by atoms with van der Waals surface area (Å²) in [6, 6.07) is 14.4. The Morgan fingerprint density at radius 2 is 1.68 bits per heavy atom. The van der Waals surface area contributed by atoms with Crippen LogP contribution in [0.25, 0.3) is 0 Å². The molecule has 0 radical (unpaired) electrons.